The first-order chi connectivity index (χ1) is 11.5. The maximum Gasteiger partial charge on any atom is 0.420 e. The van der Waals surface area contributed by atoms with Gasteiger partial charge in [-0.25, -0.2) is 19.2 Å². The molecular weight excluding hydrogens is 385 g/mol. The van der Waals surface area contributed by atoms with Crippen molar-refractivity contribution in [3.63, 3.8) is 0 Å². The Balaban J connectivity index is 1.87. The first kappa shape index (κ1) is 16.3. The van der Waals surface area contributed by atoms with Crippen molar-refractivity contribution in [2.24, 2.45) is 5.92 Å². The third-order valence-electron chi connectivity index (χ3n) is 3.27. The van der Waals surface area contributed by atoms with E-state index in [9.17, 15) is 19.1 Å². The van der Waals surface area contributed by atoms with Crippen LogP contribution in [0, 0.1) is 11.7 Å². The molecule has 0 unspecified atom stereocenters. The number of ether oxygens (including phenoxy) is 1. The summed E-state index contributed by atoms with van der Waals surface area (Å²) in [6.45, 7) is 0. The van der Waals surface area contributed by atoms with Gasteiger partial charge in [-0.3, -0.25) is 4.79 Å². The molecule has 3 rings (SSSR count). The van der Waals surface area contributed by atoms with Crippen molar-refractivity contribution in [3.05, 3.63) is 40.9 Å². The van der Waals surface area contributed by atoms with Gasteiger partial charge in [0.2, 0.25) is 5.91 Å². The van der Waals surface area contributed by atoms with Gasteiger partial charge in [-0.1, -0.05) is 0 Å². The molecule has 1 aliphatic carbocycles. The Morgan fingerprint density at radius 2 is 2.08 bits per heavy atom. The molecule has 0 aromatic carbocycles. The minimum Gasteiger partial charge on any atom is -0.464 e. The summed E-state index contributed by atoms with van der Waals surface area (Å²) in [7, 11) is 0. The van der Waals surface area contributed by atoms with Gasteiger partial charge in [0.1, 0.15) is 11.6 Å². The van der Waals surface area contributed by atoms with Gasteiger partial charge >= 0.3 is 6.09 Å². The zero-order chi connectivity index (χ0) is 17.3. The second-order valence-electron chi connectivity index (χ2n) is 5.12. The Morgan fingerprint density at radius 3 is 2.71 bits per heavy atom. The molecule has 2 aromatic rings. The van der Waals surface area contributed by atoms with Crippen LogP contribution in [0.3, 0.4) is 0 Å². The van der Waals surface area contributed by atoms with Crippen LogP contribution >= 0.6 is 15.9 Å². The number of pyridine rings is 2. The van der Waals surface area contributed by atoms with Crippen LogP contribution in [0.4, 0.5) is 15.0 Å². The second kappa shape index (κ2) is 6.52. The number of carboxylic acid groups (broad SMARTS) is 1. The fourth-order valence-corrected chi connectivity index (χ4v) is 2.30. The molecule has 2 heterocycles. The summed E-state index contributed by atoms with van der Waals surface area (Å²) in [6, 6.07) is 3.84. The van der Waals surface area contributed by atoms with Crippen molar-refractivity contribution in [1.29, 1.82) is 0 Å². The molecule has 7 nitrogen and oxygen atoms in total. The normalized spacial score (nSPS) is 13.4. The van der Waals surface area contributed by atoms with Crippen molar-refractivity contribution < 1.29 is 23.8 Å². The molecule has 0 bridgehead atoms. The molecule has 1 aliphatic rings. The van der Waals surface area contributed by atoms with Gasteiger partial charge in [-0.2, -0.15) is 4.90 Å². The summed E-state index contributed by atoms with van der Waals surface area (Å²) in [5, 5.41) is 9.28. The molecule has 0 spiro atoms. The molecule has 0 aliphatic heterocycles. The van der Waals surface area contributed by atoms with E-state index in [1.165, 1.54) is 30.6 Å². The van der Waals surface area contributed by atoms with E-state index < -0.39 is 17.8 Å². The number of nitrogens with zero attached hydrogens (tertiary/aromatic N) is 3. The summed E-state index contributed by atoms with van der Waals surface area (Å²) in [5.41, 5.74) is 0. The van der Waals surface area contributed by atoms with E-state index in [2.05, 4.69) is 25.9 Å². The molecule has 0 saturated heterocycles. The van der Waals surface area contributed by atoms with Gasteiger partial charge in [0.25, 0.3) is 5.88 Å². The van der Waals surface area contributed by atoms with Crippen molar-refractivity contribution in [3.8, 4) is 11.6 Å². The largest absolute Gasteiger partial charge is 0.464 e. The lowest BCUT2D eigenvalue weighted by Crippen LogP contribution is -2.37. The molecule has 24 heavy (non-hydrogen) atoms. The van der Waals surface area contributed by atoms with Gasteiger partial charge in [0.15, 0.2) is 5.82 Å². The van der Waals surface area contributed by atoms with Crippen molar-refractivity contribution in [1.82, 2.24) is 9.97 Å². The lowest BCUT2D eigenvalue weighted by molar-refractivity contribution is -0.119. The Bertz CT molecular complexity index is 813. The SMILES string of the molecule is O=C(O)N(C(=O)C1CC1)c1cc(Oc2ncc(Br)cc2F)ccn1. The summed E-state index contributed by atoms with van der Waals surface area (Å²) < 4.78 is 19.5. The third-order valence-corrected chi connectivity index (χ3v) is 3.71. The second-order valence-corrected chi connectivity index (χ2v) is 6.04. The highest BCUT2D eigenvalue weighted by Gasteiger charge is 2.37. The summed E-state index contributed by atoms with van der Waals surface area (Å²) in [5.74, 6) is -1.77. The Hall–Kier alpha value is -2.55. The van der Waals surface area contributed by atoms with E-state index in [1.807, 2.05) is 0 Å². The molecule has 0 radical (unpaired) electrons. The maximum atomic E-state index is 13.8. The summed E-state index contributed by atoms with van der Waals surface area (Å²) in [6.07, 6.45) is 2.53. The van der Waals surface area contributed by atoms with Crippen LogP contribution in [0.2, 0.25) is 0 Å². The predicted octanol–water partition coefficient (Wildman–Crippen LogP) is 3.59. The monoisotopic (exact) mass is 395 g/mol. The van der Waals surface area contributed by atoms with Crippen LogP contribution in [0.25, 0.3) is 0 Å². The topological polar surface area (TPSA) is 92.6 Å². The van der Waals surface area contributed by atoms with Crippen LogP contribution in [-0.2, 0) is 4.79 Å². The van der Waals surface area contributed by atoms with Crippen molar-refractivity contribution >= 4 is 33.7 Å². The number of carbonyl (C=O) groups excluding carboxylic acids is 1. The quantitative estimate of drug-likeness (QED) is 0.849. The number of hydrogen-bond acceptors (Lipinski definition) is 5. The Morgan fingerprint density at radius 1 is 1.33 bits per heavy atom. The van der Waals surface area contributed by atoms with E-state index in [0.717, 1.165) is 0 Å². The minimum atomic E-state index is -1.43. The lowest BCUT2D eigenvalue weighted by atomic mass is 10.3. The average Bonchev–Trinajstić information content (AvgIpc) is 3.35. The minimum absolute atomic E-state index is 0.102. The van der Waals surface area contributed by atoms with E-state index in [1.54, 1.807) is 0 Å². The molecule has 1 N–H and O–H groups in total. The number of rotatable bonds is 4. The maximum absolute atomic E-state index is 13.8. The van der Waals surface area contributed by atoms with Crippen LogP contribution in [0.1, 0.15) is 12.8 Å². The standard InChI is InChI=1S/C15H11BrFN3O4/c16-9-5-11(17)13(19-7-9)24-10-3-4-18-12(6-10)20(15(22)23)14(21)8-1-2-8/h3-8H,1-2H2,(H,22,23). The van der Waals surface area contributed by atoms with Crippen LogP contribution in [0.5, 0.6) is 11.6 Å². The van der Waals surface area contributed by atoms with E-state index in [-0.39, 0.29) is 23.4 Å². The number of imide groups is 1. The lowest BCUT2D eigenvalue weighted by Gasteiger charge is -2.16. The summed E-state index contributed by atoms with van der Waals surface area (Å²) in [4.78, 5) is 31.7. The van der Waals surface area contributed by atoms with Gasteiger partial charge in [-0.15, -0.1) is 0 Å². The molecule has 1 saturated carbocycles. The number of halogens is 2. The third kappa shape index (κ3) is 3.51. The van der Waals surface area contributed by atoms with Crippen molar-refractivity contribution in [2.45, 2.75) is 12.8 Å². The first-order valence-corrected chi connectivity index (χ1v) is 7.77. The smallest absolute Gasteiger partial charge is 0.420 e. The number of aromatic nitrogens is 2. The molecule has 0 atom stereocenters. The van der Waals surface area contributed by atoms with E-state index >= 15 is 0 Å². The number of anilines is 1. The van der Waals surface area contributed by atoms with Gasteiger partial charge in [0.05, 0.1) is 0 Å². The van der Waals surface area contributed by atoms with Crippen molar-refractivity contribution in [2.75, 3.05) is 4.90 Å². The zero-order valence-electron chi connectivity index (χ0n) is 12.1. The molecular formula is C15H11BrFN3O4. The highest BCUT2D eigenvalue weighted by atomic mass is 79.9. The summed E-state index contributed by atoms with van der Waals surface area (Å²) >= 11 is 3.09. The zero-order valence-corrected chi connectivity index (χ0v) is 13.7. The first-order valence-electron chi connectivity index (χ1n) is 6.97. The molecule has 2 amide bonds. The van der Waals surface area contributed by atoms with E-state index in [4.69, 9.17) is 4.74 Å². The van der Waals surface area contributed by atoms with Crippen LogP contribution in [-0.4, -0.2) is 27.1 Å². The highest BCUT2D eigenvalue weighted by Crippen LogP contribution is 2.33. The number of hydrogen-bond donors (Lipinski definition) is 1. The fourth-order valence-electron chi connectivity index (χ4n) is 1.99. The van der Waals surface area contributed by atoms with E-state index in [0.29, 0.717) is 22.2 Å². The predicted molar refractivity (Wildman–Crippen MR) is 84.4 cm³/mol. The van der Waals surface area contributed by atoms with Crippen LogP contribution < -0.4 is 9.64 Å². The van der Waals surface area contributed by atoms with Gasteiger partial charge < -0.3 is 9.84 Å². The molecule has 1 fully saturated rings. The number of amides is 2. The fraction of sp³-hybridized carbons (Fsp3) is 0.200. The van der Waals surface area contributed by atoms with Gasteiger partial charge in [-0.05, 0) is 40.9 Å². The Labute approximate surface area is 144 Å². The molecule has 124 valence electrons. The average molecular weight is 396 g/mol. The number of carbonyl (C=O) groups is 2. The van der Waals surface area contributed by atoms with Gasteiger partial charge in [0, 0.05) is 28.9 Å². The van der Waals surface area contributed by atoms with Crippen LogP contribution in [0.15, 0.2) is 35.1 Å². The Kier molecular flexibility index (Phi) is 4.43. The highest BCUT2D eigenvalue weighted by molar-refractivity contribution is 9.10. The molecule has 9 heteroatoms. The molecule has 2 aromatic heterocycles.